The van der Waals surface area contributed by atoms with E-state index in [4.69, 9.17) is 9.47 Å². The Kier molecular flexibility index (Phi) is 5.79. The van der Waals surface area contributed by atoms with Crippen molar-refractivity contribution in [1.29, 1.82) is 0 Å². The van der Waals surface area contributed by atoms with Gasteiger partial charge in [-0.1, -0.05) is 36.4 Å². The van der Waals surface area contributed by atoms with Crippen molar-refractivity contribution in [3.63, 3.8) is 0 Å². The van der Waals surface area contributed by atoms with E-state index in [-0.39, 0.29) is 12.0 Å². The normalized spacial score (nSPS) is 16.2. The van der Waals surface area contributed by atoms with E-state index in [9.17, 15) is 4.79 Å². The summed E-state index contributed by atoms with van der Waals surface area (Å²) in [6.45, 7) is 2.64. The van der Waals surface area contributed by atoms with Gasteiger partial charge in [-0.25, -0.2) is 4.98 Å². The van der Waals surface area contributed by atoms with Gasteiger partial charge in [-0.05, 0) is 12.1 Å². The van der Waals surface area contributed by atoms with Gasteiger partial charge in [0.2, 0.25) is 0 Å². The average molecular weight is 449 g/mol. The van der Waals surface area contributed by atoms with Crippen LogP contribution >= 0.6 is 11.3 Å². The zero-order valence-electron chi connectivity index (χ0n) is 17.7. The van der Waals surface area contributed by atoms with Crippen LogP contribution in [0.2, 0.25) is 0 Å². The number of hydrogen-bond donors (Lipinski definition) is 1. The minimum absolute atomic E-state index is 0.159. The van der Waals surface area contributed by atoms with Gasteiger partial charge in [0, 0.05) is 55.1 Å². The van der Waals surface area contributed by atoms with Crippen LogP contribution in [-0.2, 0) is 6.54 Å². The summed E-state index contributed by atoms with van der Waals surface area (Å²) in [5, 5.41) is 4.95. The third kappa shape index (κ3) is 4.19. The molecule has 0 radical (unpaired) electrons. The van der Waals surface area contributed by atoms with Gasteiger partial charge in [-0.3, -0.25) is 14.1 Å². The highest BCUT2D eigenvalue weighted by Gasteiger charge is 2.26. The van der Waals surface area contributed by atoms with Gasteiger partial charge >= 0.3 is 0 Å². The molecule has 0 saturated carbocycles. The zero-order chi connectivity index (χ0) is 21.9. The molecule has 0 saturated heterocycles. The number of benzene rings is 2. The first-order valence-corrected chi connectivity index (χ1v) is 11.4. The maximum absolute atomic E-state index is 12.5. The highest BCUT2D eigenvalue weighted by atomic mass is 32.1. The number of hydrogen-bond acceptors (Lipinski definition) is 6. The van der Waals surface area contributed by atoms with Crippen LogP contribution < -0.4 is 14.8 Å². The Morgan fingerprint density at radius 3 is 2.97 bits per heavy atom. The molecule has 1 atom stereocenters. The van der Waals surface area contributed by atoms with E-state index in [0.717, 1.165) is 34.1 Å². The summed E-state index contributed by atoms with van der Waals surface area (Å²) in [4.78, 5) is 20.0. The molecule has 4 aromatic rings. The lowest BCUT2D eigenvalue weighted by Crippen LogP contribution is -2.36. The van der Waals surface area contributed by atoms with Crippen LogP contribution in [0.25, 0.3) is 4.96 Å². The molecule has 1 aliphatic rings. The predicted molar refractivity (Wildman–Crippen MR) is 123 cm³/mol. The Balaban J connectivity index is 1.30. The van der Waals surface area contributed by atoms with E-state index >= 15 is 0 Å². The van der Waals surface area contributed by atoms with Crippen molar-refractivity contribution in [3.8, 4) is 11.5 Å². The summed E-state index contributed by atoms with van der Waals surface area (Å²) in [7, 11) is 1.68. The third-order valence-corrected chi connectivity index (χ3v) is 6.36. The predicted octanol–water partition coefficient (Wildman–Crippen LogP) is 3.77. The van der Waals surface area contributed by atoms with Crippen molar-refractivity contribution in [2.75, 3.05) is 26.7 Å². The number of rotatable bonds is 6. The molecule has 164 valence electrons. The maximum Gasteiger partial charge on any atom is 0.271 e. The molecule has 1 amide bonds. The van der Waals surface area contributed by atoms with Crippen molar-refractivity contribution in [1.82, 2.24) is 19.6 Å². The zero-order valence-corrected chi connectivity index (χ0v) is 18.5. The second-order valence-corrected chi connectivity index (χ2v) is 8.54. The van der Waals surface area contributed by atoms with Crippen molar-refractivity contribution >= 4 is 22.2 Å². The minimum atomic E-state index is -0.176. The second-order valence-electron chi connectivity index (χ2n) is 7.67. The number of methoxy groups -OCH3 is 1. The van der Waals surface area contributed by atoms with Crippen LogP contribution in [0.15, 0.2) is 66.3 Å². The van der Waals surface area contributed by atoms with Crippen molar-refractivity contribution < 1.29 is 14.3 Å². The van der Waals surface area contributed by atoms with Crippen LogP contribution in [0.3, 0.4) is 0 Å². The number of carbonyl (C=O) groups is 1. The van der Waals surface area contributed by atoms with Crippen LogP contribution in [0.4, 0.5) is 0 Å². The fourth-order valence-electron chi connectivity index (χ4n) is 4.00. The van der Waals surface area contributed by atoms with Gasteiger partial charge < -0.3 is 14.8 Å². The monoisotopic (exact) mass is 448 g/mol. The number of para-hydroxylation sites is 2. The lowest BCUT2D eigenvalue weighted by Gasteiger charge is -2.25. The fourth-order valence-corrected chi connectivity index (χ4v) is 4.70. The first-order valence-electron chi connectivity index (χ1n) is 10.5. The lowest BCUT2D eigenvalue weighted by molar-refractivity contribution is 0.0938. The highest BCUT2D eigenvalue weighted by molar-refractivity contribution is 7.15. The van der Waals surface area contributed by atoms with E-state index in [1.54, 1.807) is 13.3 Å². The Hall–Kier alpha value is -3.36. The molecule has 0 spiro atoms. The summed E-state index contributed by atoms with van der Waals surface area (Å²) >= 11 is 1.51. The van der Waals surface area contributed by atoms with Crippen LogP contribution in [0, 0.1) is 0 Å². The molecule has 2 aromatic heterocycles. The Morgan fingerprint density at radius 2 is 2.09 bits per heavy atom. The van der Waals surface area contributed by atoms with Gasteiger partial charge in [0.1, 0.15) is 23.3 Å². The molecular formula is C24H24N4O3S. The highest BCUT2D eigenvalue weighted by Crippen LogP contribution is 2.34. The molecule has 32 heavy (non-hydrogen) atoms. The smallest absolute Gasteiger partial charge is 0.271 e. The van der Waals surface area contributed by atoms with E-state index in [1.807, 2.05) is 58.4 Å². The van der Waals surface area contributed by atoms with Crippen LogP contribution in [0.1, 0.15) is 27.7 Å². The van der Waals surface area contributed by atoms with Crippen LogP contribution in [0.5, 0.6) is 11.5 Å². The molecule has 0 fully saturated rings. The summed E-state index contributed by atoms with van der Waals surface area (Å²) in [6.07, 6.45) is 3.48. The van der Waals surface area contributed by atoms with Crippen molar-refractivity contribution in [2.24, 2.45) is 0 Å². The van der Waals surface area contributed by atoms with E-state index in [0.29, 0.717) is 25.3 Å². The molecule has 0 aliphatic carbocycles. The summed E-state index contributed by atoms with van der Waals surface area (Å²) in [5.74, 6) is 1.53. The summed E-state index contributed by atoms with van der Waals surface area (Å²) < 4.78 is 13.9. The molecule has 1 N–H and O–H groups in total. The first-order chi connectivity index (χ1) is 15.7. The van der Waals surface area contributed by atoms with Gasteiger partial charge in [-0.2, -0.15) is 0 Å². The minimum Gasteiger partial charge on any atom is -0.496 e. The number of carbonyl (C=O) groups excluding carboxylic acids is 1. The number of nitrogens with zero attached hydrogens (tertiary/aromatic N) is 3. The van der Waals surface area contributed by atoms with Gasteiger partial charge in [-0.15, -0.1) is 11.3 Å². The maximum atomic E-state index is 12.5. The van der Waals surface area contributed by atoms with E-state index in [2.05, 4.69) is 21.3 Å². The van der Waals surface area contributed by atoms with E-state index in [1.165, 1.54) is 11.3 Å². The average Bonchev–Trinajstić information content (AvgIpc) is 3.37. The molecular weight excluding hydrogens is 424 g/mol. The molecule has 1 aliphatic heterocycles. The molecule has 0 bridgehead atoms. The SMILES string of the molecule is COc1ccccc1C1CN(CCNC(=O)c2cn3ccsc3n2)Cc2ccccc2O1. The van der Waals surface area contributed by atoms with Gasteiger partial charge in [0.25, 0.3) is 5.91 Å². The molecule has 3 heterocycles. The van der Waals surface area contributed by atoms with Gasteiger partial charge in [0.05, 0.1) is 7.11 Å². The molecule has 8 heteroatoms. The van der Waals surface area contributed by atoms with Crippen molar-refractivity contribution in [3.05, 3.63) is 83.1 Å². The standard InChI is InChI=1S/C24H24N4O3S/c1-30-21-9-5-3-7-18(21)22-16-27(14-17-6-2-4-8-20(17)31-22)11-10-25-23(29)19-15-28-12-13-32-24(28)26-19/h2-9,12-13,15,22H,10-11,14,16H2,1H3,(H,25,29). The molecule has 2 aromatic carbocycles. The summed E-state index contributed by atoms with van der Waals surface area (Å²) in [5.41, 5.74) is 2.58. The number of aromatic nitrogens is 2. The first kappa shape index (κ1) is 20.5. The number of imidazole rings is 1. The Morgan fingerprint density at radius 1 is 1.25 bits per heavy atom. The largest absolute Gasteiger partial charge is 0.496 e. The molecule has 7 nitrogen and oxygen atoms in total. The summed E-state index contributed by atoms with van der Waals surface area (Å²) in [6, 6.07) is 16.1. The Labute approximate surface area is 190 Å². The molecule has 1 unspecified atom stereocenters. The fraction of sp³-hybridized carbons (Fsp3) is 0.250. The Bertz CT molecular complexity index is 1210. The van der Waals surface area contributed by atoms with Crippen LogP contribution in [-0.4, -0.2) is 46.9 Å². The number of fused-ring (bicyclic) bond motifs is 2. The van der Waals surface area contributed by atoms with E-state index < -0.39 is 0 Å². The second kappa shape index (κ2) is 9.02. The number of amides is 1. The lowest BCUT2D eigenvalue weighted by atomic mass is 10.1. The molecule has 5 rings (SSSR count). The number of thiazole rings is 1. The van der Waals surface area contributed by atoms with Crippen molar-refractivity contribution in [2.45, 2.75) is 12.6 Å². The quantitative estimate of drug-likeness (QED) is 0.486. The number of nitrogens with one attached hydrogen (secondary N) is 1. The van der Waals surface area contributed by atoms with Gasteiger partial charge in [0.15, 0.2) is 4.96 Å². The third-order valence-electron chi connectivity index (χ3n) is 5.59. The number of ether oxygens (including phenoxy) is 2. The topological polar surface area (TPSA) is 68.1 Å².